The third kappa shape index (κ3) is 6.87. The van der Waals surface area contributed by atoms with Crippen LogP contribution in [0.1, 0.15) is 65.9 Å². The molecule has 0 amide bonds. The van der Waals surface area contributed by atoms with Gasteiger partial charge in [0.15, 0.2) is 17.1 Å². The Labute approximate surface area is 228 Å². The Kier molecular flexibility index (Phi) is 8.86. The molecule has 2 aliphatic heterocycles. The number of fused-ring (bicyclic) bond motifs is 2. The summed E-state index contributed by atoms with van der Waals surface area (Å²) < 4.78 is 10.4. The van der Waals surface area contributed by atoms with Crippen molar-refractivity contribution in [1.29, 1.82) is 0 Å². The Bertz CT molecular complexity index is 1520. The normalized spacial score (nSPS) is 14.1. The summed E-state index contributed by atoms with van der Waals surface area (Å²) in [6.45, 7) is 28.6. The predicted octanol–water partition coefficient (Wildman–Crippen LogP) is 6.87. The Balaban J connectivity index is 0.000000162. The zero-order valence-corrected chi connectivity index (χ0v) is 22.3. The van der Waals surface area contributed by atoms with E-state index in [0.717, 1.165) is 11.1 Å². The molecule has 3 aromatic rings. The number of carbonyl (C=O) groups is 1. The molecule has 0 saturated heterocycles. The first kappa shape index (κ1) is 29.0. The van der Waals surface area contributed by atoms with Gasteiger partial charge in [-0.25, -0.2) is 19.3 Å². The van der Waals surface area contributed by atoms with Gasteiger partial charge in [0.1, 0.15) is 6.61 Å². The van der Waals surface area contributed by atoms with Crippen LogP contribution in [0, 0.1) is 19.7 Å². The van der Waals surface area contributed by atoms with E-state index in [2.05, 4.69) is 28.4 Å². The Morgan fingerprint density at radius 2 is 1.44 bits per heavy atom. The van der Waals surface area contributed by atoms with E-state index in [1.54, 1.807) is 50.2 Å². The van der Waals surface area contributed by atoms with Gasteiger partial charge < -0.3 is 19.7 Å². The largest absolute Gasteiger partial charge is 0.457 e. The summed E-state index contributed by atoms with van der Waals surface area (Å²) in [5, 5.41) is 18.9. The maximum Gasteiger partial charge on any atom is 0.338 e. The van der Waals surface area contributed by atoms with E-state index in [1.807, 2.05) is 18.2 Å². The van der Waals surface area contributed by atoms with Gasteiger partial charge in [0.05, 0.1) is 49.7 Å². The monoisotopic (exact) mass is 523 g/mol. The smallest absolute Gasteiger partial charge is 0.338 e. The van der Waals surface area contributed by atoms with Crippen molar-refractivity contribution in [2.45, 2.75) is 58.7 Å². The highest BCUT2D eigenvalue weighted by atomic mass is 16.5. The Hall–Kier alpha value is -4.52. The molecule has 2 N–H and O–H groups in total. The molecule has 5 rings (SSSR count). The van der Waals surface area contributed by atoms with Gasteiger partial charge in [-0.3, -0.25) is 0 Å². The SMILES string of the molecule is [C-]#[N+]c1ccc(C(C)(C)O)c(CO)c1.[C-]#[N+]c1ccc2c(c1)COC2(C)C.[C-]#[N+]c1ccc2c(c1)COC2=O. The molecule has 8 nitrogen and oxygen atoms in total. The fourth-order valence-corrected chi connectivity index (χ4v) is 4.26. The number of rotatable bonds is 2. The van der Waals surface area contributed by atoms with E-state index < -0.39 is 5.60 Å². The number of hydrogen-bond acceptors (Lipinski definition) is 5. The van der Waals surface area contributed by atoms with Crippen LogP contribution >= 0.6 is 0 Å². The molecule has 2 heterocycles. The van der Waals surface area contributed by atoms with Crippen LogP contribution in [0.25, 0.3) is 14.5 Å². The number of esters is 1. The number of carbonyl (C=O) groups excluding carboxylic acids is 1. The lowest BCUT2D eigenvalue weighted by Gasteiger charge is -2.21. The summed E-state index contributed by atoms with van der Waals surface area (Å²) in [5.41, 5.74) is 5.57. The van der Waals surface area contributed by atoms with Crippen LogP contribution in [0.4, 0.5) is 17.1 Å². The first-order chi connectivity index (χ1) is 18.4. The van der Waals surface area contributed by atoms with Crippen LogP contribution in [0.5, 0.6) is 0 Å². The van der Waals surface area contributed by atoms with E-state index in [-0.39, 0.29) is 18.2 Å². The molecule has 0 aromatic heterocycles. The standard InChI is InChI=1S/C11H13NO2.C11H11NO.C9H5NO2/c1-11(2,14)10-5-4-9(12-3)6-8(10)7-13;1-11(2)10-5-4-9(12-3)6-8(10)7-13-11;1-10-7-2-3-8-6(4-7)5-12-9(8)11/h4-6,13-14H,7H2,1-2H3;4-6H,7H2,1-2H3;2-4H,5H2. The summed E-state index contributed by atoms with van der Waals surface area (Å²) in [4.78, 5) is 20.9. The molecule has 0 bridgehead atoms. The third-order valence-electron chi connectivity index (χ3n) is 6.30. The molecule has 2 aliphatic rings. The first-order valence-corrected chi connectivity index (χ1v) is 12.1. The van der Waals surface area contributed by atoms with Crippen molar-refractivity contribution in [3.05, 3.63) is 122 Å². The van der Waals surface area contributed by atoms with E-state index >= 15 is 0 Å². The zero-order chi connectivity index (χ0) is 28.8. The maximum absolute atomic E-state index is 11.0. The summed E-state index contributed by atoms with van der Waals surface area (Å²) >= 11 is 0. The summed E-state index contributed by atoms with van der Waals surface area (Å²) in [6, 6.07) is 15.6. The summed E-state index contributed by atoms with van der Waals surface area (Å²) in [5.74, 6) is -0.290. The second kappa shape index (κ2) is 11.9. The molecule has 0 fully saturated rings. The number of aliphatic hydroxyl groups excluding tert-OH is 1. The number of ether oxygens (including phenoxy) is 2. The zero-order valence-electron chi connectivity index (χ0n) is 22.3. The van der Waals surface area contributed by atoms with Gasteiger partial charge in [-0.15, -0.1) is 0 Å². The molecule has 8 heteroatoms. The van der Waals surface area contributed by atoms with Gasteiger partial charge in [0.2, 0.25) is 0 Å². The van der Waals surface area contributed by atoms with E-state index in [9.17, 15) is 9.90 Å². The molecule has 3 aromatic carbocycles. The number of hydrogen-bond donors (Lipinski definition) is 2. The minimum Gasteiger partial charge on any atom is -0.457 e. The lowest BCUT2D eigenvalue weighted by molar-refractivity contribution is -0.00789. The predicted molar refractivity (Wildman–Crippen MR) is 146 cm³/mol. The highest BCUT2D eigenvalue weighted by Gasteiger charge is 2.30. The molecule has 0 aliphatic carbocycles. The minimum absolute atomic E-state index is 0.164. The second-order valence-electron chi connectivity index (χ2n) is 9.95. The third-order valence-corrected chi connectivity index (χ3v) is 6.30. The van der Waals surface area contributed by atoms with Gasteiger partial charge in [-0.1, -0.05) is 48.5 Å². The van der Waals surface area contributed by atoms with E-state index in [1.165, 1.54) is 5.56 Å². The molecule has 0 spiro atoms. The molecule has 0 atom stereocenters. The Morgan fingerprint density at radius 3 is 2.03 bits per heavy atom. The van der Waals surface area contributed by atoms with Crippen molar-refractivity contribution in [3.8, 4) is 0 Å². The van der Waals surface area contributed by atoms with Gasteiger partial charge in [0, 0.05) is 0 Å². The molecule has 0 saturated carbocycles. The fourth-order valence-electron chi connectivity index (χ4n) is 4.26. The molecular formula is C31H29N3O5. The highest BCUT2D eigenvalue weighted by Crippen LogP contribution is 2.37. The quantitative estimate of drug-likeness (QED) is 0.283. The van der Waals surface area contributed by atoms with Crippen LogP contribution in [0.2, 0.25) is 0 Å². The maximum atomic E-state index is 11.0. The van der Waals surface area contributed by atoms with Gasteiger partial charge in [-0.2, -0.15) is 0 Å². The fraction of sp³-hybridized carbons (Fsp3) is 0.290. The highest BCUT2D eigenvalue weighted by molar-refractivity contribution is 5.93. The summed E-state index contributed by atoms with van der Waals surface area (Å²) in [7, 11) is 0. The average Bonchev–Trinajstić information content (AvgIpc) is 3.45. The summed E-state index contributed by atoms with van der Waals surface area (Å²) in [6.07, 6.45) is 0. The van der Waals surface area contributed by atoms with Crippen LogP contribution in [-0.4, -0.2) is 16.2 Å². The lowest BCUT2D eigenvalue weighted by Crippen LogP contribution is -2.17. The van der Waals surface area contributed by atoms with Crippen LogP contribution < -0.4 is 0 Å². The van der Waals surface area contributed by atoms with E-state index in [0.29, 0.717) is 47.0 Å². The van der Waals surface area contributed by atoms with Crippen molar-refractivity contribution < 1.29 is 24.5 Å². The van der Waals surface area contributed by atoms with Crippen molar-refractivity contribution in [2.75, 3.05) is 0 Å². The number of aliphatic hydroxyl groups is 2. The van der Waals surface area contributed by atoms with Gasteiger partial charge in [0.25, 0.3) is 0 Å². The van der Waals surface area contributed by atoms with Crippen molar-refractivity contribution in [1.82, 2.24) is 0 Å². The van der Waals surface area contributed by atoms with Crippen LogP contribution in [-0.2, 0) is 40.5 Å². The average molecular weight is 524 g/mol. The van der Waals surface area contributed by atoms with Crippen molar-refractivity contribution in [3.63, 3.8) is 0 Å². The first-order valence-electron chi connectivity index (χ1n) is 12.1. The number of nitrogens with zero attached hydrogens (tertiary/aromatic N) is 3. The van der Waals surface area contributed by atoms with E-state index in [4.69, 9.17) is 34.3 Å². The molecule has 198 valence electrons. The molecule has 39 heavy (non-hydrogen) atoms. The van der Waals surface area contributed by atoms with Gasteiger partial charge >= 0.3 is 5.97 Å². The number of cyclic esters (lactones) is 1. The Morgan fingerprint density at radius 1 is 0.872 bits per heavy atom. The number of benzene rings is 3. The molecular weight excluding hydrogens is 494 g/mol. The molecule has 0 unspecified atom stereocenters. The van der Waals surface area contributed by atoms with Gasteiger partial charge in [-0.05, 0) is 61.6 Å². The van der Waals surface area contributed by atoms with Crippen LogP contribution in [0.15, 0.2) is 54.6 Å². The minimum atomic E-state index is -0.987. The van der Waals surface area contributed by atoms with Crippen molar-refractivity contribution in [2.24, 2.45) is 0 Å². The van der Waals surface area contributed by atoms with Crippen molar-refractivity contribution >= 4 is 23.0 Å². The second-order valence-corrected chi connectivity index (χ2v) is 9.95. The van der Waals surface area contributed by atoms with Crippen LogP contribution in [0.3, 0.4) is 0 Å². The molecule has 0 radical (unpaired) electrons. The lowest BCUT2D eigenvalue weighted by atomic mass is 9.93. The topological polar surface area (TPSA) is 89.1 Å².